The second-order valence-corrected chi connectivity index (χ2v) is 9.00. The van der Waals surface area contributed by atoms with Gasteiger partial charge in [0, 0.05) is 35.1 Å². The van der Waals surface area contributed by atoms with E-state index in [0.29, 0.717) is 40.1 Å². The molecule has 190 valence electrons. The lowest BCUT2D eigenvalue weighted by molar-refractivity contribution is -0.142. The number of halogens is 2. The summed E-state index contributed by atoms with van der Waals surface area (Å²) in [5, 5.41) is 3.78. The number of hydrogen-bond acceptors (Lipinski definition) is 4. The molecule has 0 heterocycles. The Kier molecular flexibility index (Phi) is 10.5. The maximum atomic E-state index is 13.6. The summed E-state index contributed by atoms with van der Waals surface area (Å²) in [5.41, 5.74) is 1.49. The molecule has 0 aromatic heterocycles. The first kappa shape index (κ1) is 27.4. The van der Waals surface area contributed by atoms with Crippen LogP contribution in [-0.4, -0.2) is 43.0 Å². The molecule has 0 aliphatic carbocycles. The van der Waals surface area contributed by atoms with Crippen molar-refractivity contribution < 1.29 is 19.1 Å². The SMILES string of the molecule is CCCNC(=O)[C@@H](Cc1ccccc1)N(Cc1c(Cl)cccc1Cl)C(=O)COc1ccc(OC)cc1. The number of ether oxygens (including phenoxy) is 2. The zero-order chi connectivity index (χ0) is 25.9. The van der Waals surface area contributed by atoms with E-state index in [1.807, 2.05) is 37.3 Å². The first-order valence-corrected chi connectivity index (χ1v) is 12.5. The van der Waals surface area contributed by atoms with Crippen LogP contribution in [0.4, 0.5) is 0 Å². The van der Waals surface area contributed by atoms with Crippen molar-refractivity contribution in [3.63, 3.8) is 0 Å². The lowest BCUT2D eigenvalue weighted by Crippen LogP contribution is -2.51. The van der Waals surface area contributed by atoms with Crippen LogP contribution in [0, 0.1) is 0 Å². The fourth-order valence-corrected chi connectivity index (χ4v) is 4.19. The molecule has 0 aliphatic rings. The van der Waals surface area contributed by atoms with E-state index in [9.17, 15) is 9.59 Å². The van der Waals surface area contributed by atoms with E-state index in [2.05, 4.69) is 5.32 Å². The highest BCUT2D eigenvalue weighted by Gasteiger charge is 2.31. The van der Waals surface area contributed by atoms with Gasteiger partial charge in [0.15, 0.2) is 6.61 Å². The van der Waals surface area contributed by atoms with Crippen molar-refractivity contribution in [1.29, 1.82) is 0 Å². The van der Waals surface area contributed by atoms with Gasteiger partial charge in [-0.2, -0.15) is 0 Å². The highest BCUT2D eigenvalue weighted by molar-refractivity contribution is 6.36. The second-order valence-electron chi connectivity index (χ2n) is 8.18. The molecule has 3 rings (SSSR count). The molecule has 1 atom stereocenters. The normalized spacial score (nSPS) is 11.4. The van der Waals surface area contributed by atoms with E-state index in [1.54, 1.807) is 49.6 Å². The molecule has 2 amide bonds. The average molecular weight is 529 g/mol. The number of rotatable bonds is 12. The van der Waals surface area contributed by atoms with E-state index in [4.69, 9.17) is 32.7 Å². The van der Waals surface area contributed by atoms with Gasteiger partial charge < -0.3 is 19.7 Å². The number of hydrogen-bond donors (Lipinski definition) is 1. The molecule has 0 unspecified atom stereocenters. The Morgan fingerprint density at radius 1 is 0.917 bits per heavy atom. The summed E-state index contributed by atoms with van der Waals surface area (Å²) in [6.07, 6.45) is 1.10. The maximum Gasteiger partial charge on any atom is 0.261 e. The van der Waals surface area contributed by atoms with Crippen molar-refractivity contribution in [2.24, 2.45) is 0 Å². The largest absolute Gasteiger partial charge is 0.497 e. The van der Waals surface area contributed by atoms with E-state index >= 15 is 0 Å². The Morgan fingerprint density at radius 2 is 1.56 bits per heavy atom. The molecule has 0 saturated carbocycles. The molecule has 0 radical (unpaired) electrons. The summed E-state index contributed by atoms with van der Waals surface area (Å²) in [6.45, 7) is 2.27. The van der Waals surface area contributed by atoms with Gasteiger partial charge in [-0.3, -0.25) is 9.59 Å². The molecule has 0 aliphatic heterocycles. The monoisotopic (exact) mass is 528 g/mol. The summed E-state index contributed by atoms with van der Waals surface area (Å²) < 4.78 is 10.9. The van der Waals surface area contributed by atoms with Gasteiger partial charge in [-0.1, -0.05) is 66.5 Å². The first-order chi connectivity index (χ1) is 17.4. The van der Waals surface area contributed by atoms with E-state index in [1.165, 1.54) is 4.90 Å². The number of nitrogens with zero attached hydrogens (tertiary/aromatic N) is 1. The van der Waals surface area contributed by atoms with Crippen molar-refractivity contribution in [2.45, 2.75) is 32.4 Å². The lowest BCUT2D eigenvalue weighted by Gasteiger charge is -2.32. The van der Waals surface area contributed by atoms with E-state index in [-0.39, 0.29) is 25.0 Å². The molecule has 0 fully saturated rings. The van der Waals surface area contributed by atoms with Crippen LogP contribution in [-0.2, 0) is 22.6 Å². The van der Waals surface area contributed by atoms with E-state index < -0.39 is 6.04 Å². The number of benzene rings is 3. The molecule has 0 spiro atoms. The number of methoxy groups -OCH3 is 1. The third kappa shape index (κ3) is 7.64. The molecule has 0 bridgehead atoms. The fourth-order valence-electron chi connectivity index (χ4n) is 3.67. The van der Waals surface area contributed by atoms with Crippen molar-refractivity contribution in [3.05, 3.63) is 94.0 Å². The van der Waals surface area contributed by atoms with Crippen LogP contribution in [0.5, 0.6) is 11.5 Å². The Labute approximate surface area is 222 Å². The van der Waals surface area contributed by atoms with Gasteiger partial charge in [-0.15, -0.1) is 0 Å². The van der Waals surface area contributed by atoms with Crippen LogP contribution in [0.1, 0.15) is 24.5 Å². The van der Waals surface area contributed by atoms with Gasteiger partial charge in [-0.25, -0.2) is 0 Å². The van der Waals surface area contributed by atoms with Crippen LogP contribution in [0.25, 0.3) is 0 Å². The smallest absolute Gasteiger partial charge is 0.261 e. The zero-order valence-corrected chi connectivity index (χ0v) is 21.9. The first-order valence-electron chi connectivity index (χ1n) is 11.7. The van der Waals surface area contributed by atoms with Crippen molar-refractivity contribution in [1.82, 2.24) is 10.2 Å². The van der Waals surface area contributed by atoms with Crippen LogP contribution in [0.3, 0.4) is 0 Å². The quantitative estimate of drug-likeness (QED) is 0.334. The molecule has 3 aromatic carbocycles. The summed E-state index contributed by atoms with van der Waals surface area (Å²) in [4.78, 5) is 28.4. The number of carbonyl (C=O) groups is 2. The van der Waals surface area contributed by atoms with Gasteiger partial charge in [0.2, 0.25) is 5.91 Å². The summed E-state index contributed by atoms with van der Waals surface area (Å²) in [5.74, 6) is 0.574. The minimum absolute atomic E-state index is 0.0559. The predicted molar refractivity (Wildman–Crippen MR) is 143 cm³/mol. The molecular weight excluding hydrogens is 499 g/mol. The minimum atomic E-state index is -0.793. The molecule has 36 heavy (non-hydrogen) atoms. The topological polar surface area (TPSA) is 67.9 Å². The molecular formula is C28H30Cl2N2O4. The van der Waals surface area contributed by atoms with Crippen LogP contribution in [0.15, 0.2) is 72.8 Å². The fraction of sp³-hybridized carbons (Fsp3) is 0.286. The minimum Gasteiger partial charge on any atom is -0.497 e. The molecule has 6 nitrogen and oxygen atoms in total. The maximum absolute atomic E-state index is 13.6. The van der Waals surface area contributed by atoms with Crippen molar-refractivity contribution in [3.8, 4) is 11.5 Å². The highest BCUT2D eigenvalue weighted by Crippen LogP contribution is 2.27. The molecule has 1 N–H and O–H groups in total. The number of carbonyl (C=O) groups excluding carboxylic acids is 2. The second kappa shape index (κ2) is 13.8. The Hall–Kier alpha value is -3.22. The van der Waals surface area contributed by atoms with Crippen LogP contribution >= 0.6 is 23.2 Å². The Bertz CT molecular complexity index is 1120. The average Bonchev–Trinajstić information content (AvgIpc) is 2.90. The van der Waals surface area contributed by atoms with Crippen LogP contribution in [0.2, 0.25) is 10.0 Å². The zero-order valence-electron chi connectivity index (χ0n) is 20.4. The van der Waals surface area contributed by atoms with Gasteiger partial charge >= 0.3 is 0 Å². The highest BCUT2D eigenvalue weighted by atomic mass is 35.5. The summed E-state index contributed by atoms with van der Waals surface area (Å²) >= 11 is 12.9. The predicted octanol–water partition coefficient (Wildman–Crippen LogP) is 5.55. The summed E-state index contributed by atoms with van der Waals surface area (Å²) in [6, 6.07) is 20.9. The summed E-state index contributed by atoms with van der Waals surface area (Å²) in [7, 11) is 1.58. The lowest BCUT2D eigenvalue weighted by atomic mass is 10.0. The third-order valence-electron chi connectivity index (χ3n) is 5.63. The number of nitrogens with one attached hydrogen (secondary N) is 1. The Balaban J connectivity index is 1.92. The molecule has 3 aromatic rings. The van der Waals surface area contributed by atoms with Gasteiger partial charge in [0.25, 0.3) is 5.91 Å². The van der Waals surface area contributed by atoms with Crippen LogP contribution < -0.4 is 14.8 Å². The van der Waals surface area contributed by atoms with Gasteiger partial charge in [0.1, 0.15) is 17.5 Å². The van der Waals surface area contributed by atoms with Crippen molar-refractivity contribution >= 4 is 35.0 Å². The number of amides is 2. The standard InChI is InChI=1S/C28H30Cl2N2O4/c1-3-16-31-28(34)26(17-20-8-5-4-6-9-20)32(18-23-24(29)10-7-11-25(23)30)27(33)19-36-22-14-12-21(35-2)13-15-22/h4-15,26H,3,16-19H2,1-2H3,(H,31,34)/t26-/m1/s1. The molecule has 0 saturated heterocycles. The van der Waals surface area contributed by atoms with E-state index in [0.717, 1.165) is 12.0 Å². The Morgan fingerprint density at radius 3 is 2.17 bits per heavy atom. The van der Waals surface area contributed by atoms with Gasteiger partial charge in [-0.05, 0) is 48.4 Å². The van der Waals surface area contributed by atoms with Gasteiger partial charge in [0.05, 0.1) is 7.11 Å². The van der Waals surface area contributed by atoms with Crippen molar-refractivity contribution in [2.75, 3.05) is 20.3 Å². The molecule has 8 heteroatoms. The third-order valence-corrected chi connectivity index (χ3v) is 6.34.